The van der Waals surface area contributed by atoms with Crippen LogP contribution in [0, 0.1) is 26.7 Å². The standard InChI is InChI=1S/C25H27NO2/c1-17(2)25(27)28-24-15-14-23(16-20(24)5)26(21-10-6-18(3)7-11-21)22-12-8-19(4)9-13-22/h6-17H,1-5H3. The molecule has 0 aliphatic heterocycles. The van der Waals surface area contributed by atoms with Gasteiger partial charge in [0.25, 0.3) is 0 Å². The number of carbonyl (C=O) groups excluding carboxylic acids is 1. The molecule has 28 heavy (non-hydrogen) atoms. The molecule has 0 aromatic heterocycles. The zero-order chi connectivity index (χ0) is 20.3. The summed E-state index contributed by atoms with van der Waals surface area (Å²) >= 11 is 0. The van der Waals surface area contributed by atoms with Gasteiger partial charge in [0.2, 0.25) is 0 Å². The highest BCUT2D eigenvalue weighted by Gasteiger charge is 2.16. The summed E-state index contributed by atoms with van der Waals surface area (Å²) in [6.07, 6.45) is 0. The third kappa shape index (κ3) is 4.42. The largest absolute Gasteiger partial charge is 0.426 e. The minimum atomic E-state index is -0.218. The number of carbonyl (C=O) groups is 1. The Morgan fingerprint density at radius 1 is 0.750 bits per heavy atom. The lowest BCUT2D eigenvalue weighted by Crippen LogP contribution is -2.15. The Hall–Kier alpha value is -3.07. The van der Waals surface area contributed by atoms with Gasteiger partial charge in [-0.1, -0.05) is 49.2 Å². The van der Waals surface area contributed by atoms with Gasteiger partial charge in [-0.2, -0.15) is 0 Å². The van der Waals surface area contributed by atoms with Crippen LogP contribution < -0.4 is 9.64 Å². The minimum absolute atomic E-state index is 0.157. The van der Waals surface area contributed by atoms with Crippen LogP contribution in [0.25, 0.3) is 0 Å². The summed E-state index contributed by atoms with van der Waals surface area (Å²) in [6, 6.07) is 22.9. The number of ether oxygens (including phenoxy) is 1. The van der Waals surface area contributed by atoms with Gasteiger partial charge >= 0.3 is 5.97 Å². The lowest BCUT2D eigenvalue weighted by atomic mass is 10.1. The predicted molar refractivity (Wildman–Crippen MR) is 116 cm³/mol. The summed E-state index contributed by atoms with van der Waals surface area (Å²) in [7, 11) is 0. The molecule has 0 atom stereocenters. The van der Waals surface area contributed by atoms with Crippen LogP contribution in [-0.4, -0.2) is 5.97 Å². The van der Waals surface area contributed by atoms with E-state index in [0.29, 0.717) is 5.75 Å². The topological polar surface area (TPSA) is 29.5 Å². The van der Waals surface area contributed by atoms with E-state index in [1.54, 1.807) is 0 Å². The van der Waals surface area contributed by atoms with Crippen LogP contribution in [0.1, 0.15) is 30.5 Å². The van der Waals surface area contributed by atoms with Crippen molar-refractivity contribution in [2.24, 2.45) is 5.92 Å². The fourth-order valence-corrected chi connectivity index (χ4v) is 2.95. The van der Waals surface area contributed by atoms with E-state index < -0.39 is 0 Å². The van der Waals surface area contributed by atoms with E-state index in [1.165, 1.54) is 11.1 Å². The van der Waals surface area contributed by atoms with Crippen molar-refractivity contribution in [2.75, 3.05) is 4.90 Å². The van der Waals surface area contributed by atoms with Crippen molar-refractivity contribution in [1.29, 1.82) is 0 Å². The lowest BCUT2D eigenvalue weighted by molar-refractivity contribution is -0.137. The van der Waals surface area contributed by atoms with Gasteiger partial charge in [0, 0.05) is 17.1 Å². The first-order valence-corrected chi connectivity index (χ1v) is 9.61. The van der Waals surface area contributed by atoms with Gasteiger partial charge in [-0.15, -0.1) is 0 Å². The molecule has 3 aromatic rings. The molecule has 0 bridgehead atoms. The molecule has 3 aromatic carbocycles. The average molecular weight is 373 g/mol. The number of rotatable bonds is 5. The summed E-state index contributed by atoms with van der Waals surface area (Å²) in [5.41, 5.74) is 6.56. The van der Waals surface area contributed by atoms with E-state index in [4.69, 9.17) is 4.74 Å². The van der Waals surface area contributed by atoms with Crippen molar-refractivity contribution in [3.63, 3.8) is 0 Å². The molecule has 0 radical (unpaired) electrons. The second-order valence-electron chi connectivity index (χ2n) is 7.53. The van der Waals surface area contributed by atoms with E-state index in [1.807, 2.05) is 32.9 Å². The molecule has 0 N–H and O–H groups in total. The van der Waals surface area contributed by atoms with Crippen LogP contribution in [0.15, 0.2) is 66.7 Å². The van der Waals surface area contributed by atoms with Crippen LogP contribution in [0.4, 0.5) is 17.1 Å². The van der Waals surface area contributed by atoms with Crippen molar-refractivity contribution in [3.8, 4) is 5.75 Å². The van der Waals surface area contributed by atoms with E-state index in [0.717, 1.165) is 22.6 Å². The number of nitrogens with zero attached hydrogens (tertiary/aromatic N) is 1. The highest BCUT2D eigenvalue weighted by Crippen LogP contribution is 2.36. The van der Waals surface area contributed by atoms with Crippen LogP contribution in [0.5, 0.6) is 5.75 Å². The molecule has 0 spiro atoms. The van der Waals surface area contributed by atoms with E-state index in [-0.39, 0.29) is 11.9 Å². The maximum Gasteiger partial charge on any atom is 0.313 e. The Morgan fingerprint density at radius 2 is 1.21 bits per heavy atom. The van der Waals surface area contributed by atoms with Crippen molar-refractivity contribution in [3.05, 3.63) is 83.4 Å². The van der Waals surface area contributed by atoms with E-state index in [9.17, 15) is 4.79 Å². The summed E-state index contributed by atoms with van der Waals surface area (Å²) in [6.45, 7) is 9.81. The zero-order valence-electron chi connectivity index (χ0n) is 17.2. The molecule has 3 rings (SSSR count). The Morgan fingerprint density at radius 3 is 1.64 bits per heavy atom. The Balaban J connectivity index is 2.03. The Kier molecular flexibility index (Phi) is 5.84. The number of anilines is 3. The van der Waals surface area contributed by atoms with Gasteiger partial charge in [-0.25, -0.2) is 0 Å². The second kappa shape index (κ2) is 8.30. The van der Waals surface area contributed by atoms with Crippen LogP contribution in [-0.2, 0) is 4.79 Å². The molecule has 144 valence electrons. The quantitative estimate of drug-likeness (QED) is 0.371. The predicted octanol–water partition coefficient (Wildman–Crippen LogP) is 6.64. The molecule has 0 aliphatic rings. The number of hydrogen-bond donors (Lipinski definition) is 0. The van der Waals surface area contributed by atoms with Gasteiger partial charge in [0.05, 0.1) is 5.92 Å². The minimum Gasteiger partial charge on any atom is -0.426 e. The third-order valence-corrected chi connectivity index (χ3v) is 4.68. The fourth-order valence-electron chi connectivity index (χ4n) is 2.95. The zero-order valence-corrected chi connectivity index (χ0v) is 17.2. The van der Waals surface area contributed by atoms with Crippen molar-refractivity contribution in [1.82, 2.24) is 0 Å². The molecule has 0 saturated heterocycles. The second-order valence-corrected chi connectivity index (χ2v) is 7.53. The van der Waals surface area contributed by atoms with Crippen molar-refractivity contribution >= 4 is 23.0 Å². The first-order chi connectivity index (χ1) is 13.3. The number of hydrogen-bond acceptors (Lipinski definition) is 3. The molecular formula is C25H27NO2. The molecule has 3 heteroatoms. The van der Waals surface area contributed by atoms with Crippen molar-refractivity contribution < 1.29 is 9.53 Å². The lowest BCUT2D eigenvalue weighted by Gasteiger charge is -2.26. The smallest absolute Gasteiger partial charge is 0.313 e. The summed E-state index contributed by atoms with van der Waals surface area (Å²) in [5, 5.41) is 0. The summed E-state index contributed by atoms with van der Waals surface area (Å²) < 4.78 is 5.53. The van der Waals surface area contributed by atoms with Gasteiger partial charge < -0.3 is 9.64 Å². The highest BCUT2D eigenvalue weighted by atomic mass is 16.5. The van der Waals surface area contributed by atoms with Gasteiger partial charge in [0.1, 0.15) is 5.75 Å². The Bertz CT molecular complexity index is 911. The monoisotopic (exact) mass is 373 g/mol. The molecular weight excluding hydrogens is 346 g/mol. The number of esters is 1. The molecule has 0 aliphatic carbocycles. The number of aryl methyl sites for hydroxylation is 3. The van der Waals surface area contributed by atoms with Gasteiger partial charge in [-0.3, -0.25) is 4.79 Å². The first kappa shape index (κ1) is 19.7. The molecule has 0 heterocycles. The molecule has 0 amide bonds. The van der Waals surface area contributed by atoms with E-state index in [2.05, 4.69) is 73.3 Å². The highest BCUT2D eigenvalue weighted by molar-refractivity contribution is 5.79. The van der Waals surface area contributed by atoms with Gasteiger partial charge in [0.15, 0.2) is 0 Å². The average Bonchev–Trinajstić information content (AvgIpc) is 2.67. The maximum atomic E-state index is 12.0. The van der Waals surface area contributed by atoms with Crippen molar-refractivity contribution in [2.45, 2.75) is 34.6 Å². The normalized spacial score (nSPS) is 10.8. The van der Waals surface area contributed by atoms with E-state index >= 15 is 0 Å². The number of benzene rings is 3. The third-order valence-electron chi connectivity index (χ3n) is 4.68. The molecule has 0 saturated carbocycles. The summed E-state index contributed by atoms with van der Waals surface area (Å²) in [5.74, 6) is 0.232. The van der Waals surface area contributed by atoms with Crippen LogP contribution in [0.3, 0.4) is 0 Å². The SMILES string of the molecule is Cc1ccc(N(c2ccc(C)cc2)c2ccc(OC(=O)C(C)C)c(C)c2)cc1. The molecule has 0 unspecified atom stereocenters. The first-order valence-electron chi connectivity index (χ1n) is 9.61. The molecule has 0 fully saturated rings. The summed E-state index contributed by atoms with van der Waals surface area (Å²) in [4.78, 5) is 14.2. The fraction of sp³-hybridized carbons (Fsp3) is 0.240. The Labute approximate surface area is 167 Å². The van der Waals surface area contributed by atoms with Crippen LogP contribution in [0.2, 0.25) is 0 Å². The maximum absolute atomic E-state index is 12.0. The van der Waals surface area contributed by atoms with Gasteiger partial charge in [-0.05, 0) is 68.8 Å². The van der Waals surface area contributed by atoms with Crippen LogP contribution >= 0.6 is 0 Å². The molecule has 3 nitrogen and oxygen atoms in total.